The first-order valence-corrected chi connectivity index (χ1v) is 8.63. The molecule has 1 nitrogen and oxygen atoms in total. The van der Waals surface area contributed by atoms with E-state index in [0.717, 1.165) is 12.2 Å². The molecule has 0 N–H and O–H groups in total. The predicted octanol–water partition coefficient (Wildman–Crippen LogP) is 1.15. The van der Waals surface area contributed by atoms with Gasteiger partial charge >= 0.3 is 26.2 Å². The number of ether oxygens (including phenoxy) is 1. The largest absolute Gasteiger partial charge is 2.00 e. The normalized spacial score (nSPS) is 10.0. The molecule has 4 aromatic rings. The average molecular weight is 516 g/mol. The van der Waals surface area contributed by atoms with Crippen LogP contribution in [0.3, 0.4) is 0 Å². The summed E-state index contributed by atoms with van der Waals surface area (Å²) in [6.07, 6.45) is 10.0. The van der Waals surface area contributed by atoms with Crippen LogP contribution < -0.4 is 29.6 Å². The van der Waals surface area contributed by atoms with Crippen molar-refractivity contribution in [3.63, 3.8) is 0 Å². The van der Waals surface area contributed by atoms with Crippen molar-refractivity contribution in [2.45, 2.75) is 13.8 Å². The maximum absolute atomic E-state index is 4.89. The molecule has 5 rings (SSSR count). The molecule has 0 radical (unpaired) electrons. The minimum Gasteiger partial charge on any atom is -1.00 e. The molecule has 4 aromatic carbocycles. The molecule has 0 aromatic heterocycles. The van der Waals surface area contributed by atoms with Crippen molar-refractivity contribution in [2.24, 2.45) is 0 Å². The average Bonchev–Trinajstić information content (AvgIpc) is 3.40. The maximum Gasteiger partial charge on any atom is 2.00 e. The van der Waals surface area contributed by atoms with E-state index < -0.39 is 0 Å². The molecule has 0 bridgehead atoms. The second kappa shape index (κ2) is 17.0. The number of rotatable bonds is 1. The molecule has 4 heteroatoms. The standard InChI is InChI=1S/C13H9.C7H7O.C5H5.CH4.2ClH.Zr/c1-3-7-12-10(5-1)9-11-6-2-4-8-13(11)12;1-8-7-5-3-2-4-6-7;1-2-4-5-3-1;;;;/h1-9H;3-6H,1H3;1-3H,4H2;1H4;2*1H;/q3*-1;;;;+2/p-2. The van der Waals surface area contributed by atoms with Crippen LogP contribution in [-0.2, 0) is 26.2 Å². The summed E-state index contributed by atoms with van der Waals surface area (Å²) in [4.78, 5) is 0. The molecule has 0 aliphatic heterocycles. The smallest absolute Gasteiger partial charge is 1.00 e. The van der Waals surface area contributed by atoms with E-state index in [9.17, 15) is 0 Å². The van der Waals surface area contributed by atoms with Crippen LogP contribution in [0.1, 0.15) is 13.8 Å². The monoisotopic (exact) mass is 513 g/mol. The third kappa shape index (κ3) is 8.96. The zero-order valence-corrected chi connectivity index (χ0v) is 20.1. The van der Waals surface area contributed by atoms with Gasteiger partial charge in [-0.15, -0.1) is 58.3 Å². The molecular formula is C26H25Cl2OZr-3. The Morgan fingerprint density at radius 1 is 0.833 bits per heavy atom. The zero-order valence-electron chi connectivity index (χ0n) is 16.1. The Balaban J connectivity index is 0. The minimum absolute atomic E-state index is 0. The van der Waals surface area contributed by atoms with E-state index in [2.05, 4.69) is 72.8 Å². The van der Waals surface area contributed by atoms with E-state index in [1.54, 1.807) is 7.11 Å². The first kappa shape index (κ1) is 30.5. The Morgan fingerprint density at radius 3 is 1.73 bits per heavy atom. The van der Waals surface area contributed by atoms with Gasteiger partial charge in [0.1, 0.15) is 0 Å². The molecule has 0 spiro atoms. The van der Waals surface area contributed by atoms with E-state index >= 15 is 0 Å². The van der Waals surface area contributed by atoms with Crippen LogP contribution in [0.5, 0.6) is 5.75 Å². The van der Waals surface area contributed by atoms with Crippen LogP contribution in [0.4, 0.5) is 0 Å². The summed E-state index contributed by atoms with van der Waals surface area (Å²) in [5.41, 5.74) is 0. The summed E-state index contributed by atoms with van der Waals surface area (Å²) in [5.74, 6) is 0.878. The Hall–Kier alpha value is -1.73. The van der Waals surface area contributed by atoms with E-state index in [1.165, 1.54) is 21.5 Å². The number of methoxy groups -OCH3 is 1. The molecule has 0 atom stereocenters. The molecule has 1 aliphatic rings. The van der Waals surface area contributed by atoms with Crippen molar-refractivity contribution in [2.75, 3.05) is 7.11 Å². The van der Waals surface area contributed by atoms with Gasteiger partial charge in [0.15, 0.2) is 0 Å². The van der Waals surface area contributed by atoms with E-state index in [-0.39, 0.29) is 58.4 Å². The van der Waals surface area contributed by atoms with Crippen LogP contribution in [0.25, 0.3) is 21.5 Å². The molecule has 0 saturated heterocycles. The summed E-state index contributed by atoms with van der Waals surface area (Å²) in [5, 5.41) is 5.39. The quantitative estimate of drug-likeness (QED) is 0.346. The number of halogens is 2. The van der Waals surface area contributed by atoms with Crippen LogP contribution in [0, 0.1) is 12.1 Å². The summed E-state index contributed by atoms with van der Waals surface area (Å²) in [7, 11) is 1.65. The second-order valence-corrected chi connectivity index (χ2v) is 5.76. The van der Waals surface area contributed by atoms with Crippen molar-refractivity contribution >= 4 is 21.5 Å². The molecule has 0 amide bonds. The van der Waals surface area contributed by atoms with Crippen LogP contribution in [0.15, 0.2) is 97.1 Å². The zero-order chi connectivity index (χ0) is 18.0. The van der Waals surface area contributed by atoms with Gasteiger partial charge in [-0.05, 0) is 0 Å². The van der Waals surface area contributed by atoms with Crippen LogP contribution >= 0.6 is 0 Å². The number of hydrogen-bond donors (Lipinski definition) is 0. The van der Waals surface area contributed by atoms with Crippen molar-refractivity contribution in [1.29, 1.82) is 0 Å². The predicted molar refractivity (Wildman–Crippen MR) is 117 cm³/mol. The molecule has 0 saturated carbocycles. The summed E-state index contributed by atoms with van der Waals surface area (Å²) in [6, 6.07) is 29.5. The van der Waals surface area contributed by atoms with Gasteiger partial charge in [0, 0.05) is 5.75 Å². The summed E-state index contributed by atoms with van der Waals surface area (Å²) in [6.45, 7) is 0. The van der Waals surface area contributed by atoms with Crippen molar-refractivity contribution in [3.05, 3.63) is 109 Å². The van der Waals surface area contributed by atoms with Gasteiger partial charge in [0.25, 0.3) is 0 Å². The Kier molecular flexibility index (Phi) is 17.3. The summed E-state index contributed by atoms with van der Waals surface area (Å²) < 4.78 is 4.89. The maximum atomic E-state index is 4.89. The van der Waals surface area contributed by atoms with Gasteiger partial charge in [-0.1, -0.05) is 43.8 Å². The molecule has 0 unspecified atom stereocenters. The second-order valence-electron chi connectivity index (χ2n) is 5.76. The fraction of sp³-hybridized carbons (Fsp3) is 0.115. The van der Waals surface area contributed by atoms with Crippen LogP contribution in [0.2, 0.25) is 0 Å². The first-order chi connectivity index (χ1) is 12.9. The van der Waals surface area contributed by atoms with Gasteiger partial charge in [0.05, 0.1) is 7.11 Å². The van der Waals surface area contributed by atoms with E-state index in [1.807, 2.05) is 36.4 Å². The van der Waals surface area contributed by atoms with Crippen LogP contribution in [-0.4, -0.2) is 7.11 Å². The number of allylic oxidation sites excluding steroid dienone is 4. The molecule has 1 aliphatic carbocycles. The van der Waals surface area contributed by atoms with Crippen molar-refractivity contribution in [3.8, 4) is 5.75 Å². The summed E-state index contributed by atoms with van der Waals surface area (Å²) >= 11 is 0. The number of hydrogen-bond acceptors (Lipinski definition) is 1. The molecule has 0 fully saturated rings. The topological polar surface area (TPSA) is 9.23 Å². The van der Waals surface area contributed by atoms with E-state index in [4.69, 9.17) is 4.74 Å². The van der Waals surface area contributed by atoms with Crippen molar-refractivity contribution in [1.82, 2.24) is 0 Å². The Morgan fingerprint density at radius 2 is 1.37 bits per heavy atom. The molecule has 0 heterocycles. The third-order valence-electron chi connectivity index (χ3n) is 4.03. The van der Waals surface area contributed by atoms with Crippen molar-refractivity contribution < 1.29 is 55.8 Å². The number of benzene rings is 3. The Bertz CT molecular complexity index is 947. The molecule has 30 heavy (non-hydrogen) atoms. The molecule has 156 valence electrons. The molecular weight excluding hydrogens is 490 g/mol. The van der Waals surface area contributed by atoms with E-state index in [0.29, 0.717) is 0 Å². The Labute approximate surface area is 212 Å². The van der Waals surface area contributed by atoms with Gasteiger partial charge < -0.3 is 29.6 Å². The first-order valence-electron chi connectivity index (χ1n) is 8.63. The third-order valence-corrected chi connectivity index (χ3v) is 4.03. The SMILES string of the molecule is C.COc1cc[c-]cc1.[C-]1=CC=CC1.[Cl-].[Cl-].[Zr+2].c1ccc2c(c1)[cH-]c1ccccc12. The van der Waals surface area contributed by atoms with Gasteiger partial charge in [-0.2, -0.15) is 24.3 Å². The number of fused-ring (bicyclic) bond motifs is 3. The van der Waals surface area contributed by atoms with Gasteiger partial charge in [-0.25, -0.2) is 12.2 Å². The fourth-order valence-electron chi connectivity index (χ4n) is 2.75. The minimum atomic E-state index is 0. The fourth-order valence-corrected chi connectivity index (χ4v) is 2.75. The van der Waals surface area contributed by atoms with Gasteiger partial charge in [0.2, 0.25) is 0 Å². The van der Waals surface area contributed by atoms with Gasteiger partial charge in [-0.3, -0.25) is 6.08 Å².